The van der Waals surface area contributed by atoms with Crippen LogP contribution in [-0.2, 0) is 9.59 Å². The monoisotopic (exact) mass is 388 g/mol. The molecule has 4 aliphatic carbocycles. The molecule has 0 aromatic carbocycles. The number of aryl methyl sites for hydroxylation is 2. The average molecular weight is 389 g/mol. The Morgan fingerprint density at radius 1 is 1.04 bits per heavy atom. The normalized spacial score (nSPS) is 33.6. The largest absolute Gasteiger partial charge is 0.348 e. The van der Waals surface area contributed by atoms with E-state index in [1.807, 2.05) is 13.8 Å². The van der Waals surface area contributed by atoms with Gasteiger partial charge in [0.05, 0.1) is 6.04 Å². The Kier molecular flexibility index (Phi) is 4.86. The number of hydrogen-bond donors (Lipinski definition) is 2. The summed E-state index contributed by atoms with van der Waals surface area (Å²) in [6.07, 6.45) is 7.05. The molecule has 27 heavy (non-hydrogen) atoms. The van der Waals surface area contributed by atoms with Crippen molar-refractivity contribution in [3.63, 3.8) is 0 Å². The van der Waals surface area contributed by atoms with E-state index in [4.69, 9.17) is 0 Å². The van der Waals surface area contributed by atoms with Crippen molar-refractivity contribution in [2.24, 2.45) is 23.2 Å². The van der Waals surface area contributed by atoms with Gasteiger partial charge in [0.1, 0.15) is 6.04 Å². The molecule has 4 saturated carbocycles. The van der Waals surface area contributed by atoms with Gasteiger partial charge in [0.2, 0.25) is 11.8 Å². The first-order valence-electron chi connectivity index (χ1n) is 10.4. The van der Waals surface area contributed by atoms with Gasteiger partial charge in [-0.1, -0.05) is 0 Å². The number of rotatable bonds is 5. The van der Waals surface area contributed by atoms with Crippen molar-refractivity contribution in [2.45, 2.75) is 78.3 Å². The van der Waals surface area contributed by atoms with E-state index in [1.165, 1.54) is 34.6 Å². The van der Waals surface area contributed by atoms with Gasteiger partial charge in [-0.3, -0.25) is 9.59 Å². The maximum atomic E-state index is 13.1. The highest BCUT2D eigenvalue weighted by Gasteiger charge is 2.54. The first-order chi connectivity index (χ1) is 12.8. The third-order valence-corrected chi connectivity index (χ3v) is 8.15. The molecule has 4 nitrogen and oxygen atoms in total. The summed E-state index contributed by atoms with van der Waals surface area (Å²) in [5.41, 5.74) is 0.973. The van der Waals surface area contributed by atoms with E-state index in [0.717, 1.165) is 37.0 Å². The summed E-state index contributed by atoms with van der Waals surface area (Å²) in [5, 5.41) is 6.15. The molecule has 148 valence electrons. The van der Waals surface area contributed by atoms with Crippen molar-refractivity contribution in [3.05, 3.63) is 21.4 Å². The highest BCUT2D eigenvalue weighted by molar-refractivity contribution is 7.12. The van der Waals surface area contributed by atoms with Gasteiger partial charge in [-0.15, -0.1) is 11.3 Å². The maximum absolute atomic E-state index is 13.1. The van der Waals surface area contributed by atoms with Crippen LogP contribution in [0, 0.1) is 37.0 Å². The molecule has 0 aliphatic heterocycles. The molecule has 4 bridgehead atoms. The highest BCUT2D eigenvalue weighted by Crippen LogP contribution is 2.60. The molecular weight excluding hydrogens is 356 g/mol. The van der Waals surface area contributed by atoms with Gasteiger partial charge >= 0.3 is 0 Å². The number of carbonyl (C=O) groups is 2. The van der Waals surface area contributed by atoms with E-state index in [-0.39, 0.29) is 23.3 Å². The fraction of sp³-hybridized carbons (Fsp3) is 0.727. The van der Waals surface area contributed by atoms with Gasteiger partial charge in [-0.2, -0.15) is 0 Å². The first kappa shape index (κ1) is 19.0. The molecular formula is C22H32N2O2S. The molecule has 5 heteroatoms. The van der Waals surface area contributed by atoms with Gasteiger partial charge in [-0.25, -0.2) is 0 Å². The SMILES string of the molecule is Cc1cc([C@@H](C)NC(=O)[C@@H](C)NC(=O)C23CC4CC(CC(C4)C2)C3)c(C)s1. The van der Waals surface area contributed by atoms with Gasteiger partial charge in [-0.05, 0) is 95.6 Å². The fourth-order valence-electron chi connectivity index (χ4n) is 6.30. The van der Waals surface area contributed by atoms with Crippen LogP contribution in [-0.4, -0.2) is 17.9 Å². The van der Waals surface area contributed by atoms with Crippen LogP contribution in [0.1, 0.15) is 73.7 Å². The minimum atomic E-state index is -0.493. The summed E-state index contributed by atoms with van der Waals surface area (Å²) >= 11 is 1.75. The minimum absolute atomic E-state index is 0.0404. The molecule has 0 radical (unpaired) electrons. The summed E-state index contributed by atoms with van der Waals surface area (Å²) in [7, 11) is 0. The van der Waals surface area contributed by atoms with E-state index < -0.39 is 6.04 Å². The van der Waals surface area contributed by atoms with E-state index in [1.54, 1.807) is 11.3 Å². The molecule has 0 saturated heterocycles. The van der Waals surface area contributed by atoms with Crippen LogP contribution in [0.3, 0.4) is 0 Å². The third-order valence-electron chi connectivity index (χ3n) is 7.17. The second-order valence-corrected chi connectivity index (χ2v) is 11.0. The number of amides is 2. The lowest BCUT2D eigenvalue weighted by Crippen LogP contribution is -2.56. The minimum Gasteiger partial charge on any atom is -0.348 e. The van der Waals surface area contributed by atoms with Crippen molar-refractivity contribution in [1.82, 2.24) is 10.6 Å². The molecule has 1 aromatic rings. The predicted octanol–water partition coefficient (Wildman–Crippen LogP) is 4.26. The standard InChI is InChI=1S/C22H32N2O2S/c1-12-5-19(15(4)27-12)13(2)23-20(25)14(3)24-21(26)22-9-16-6-17(10-22)8-18(7-16)11-22/h5,13-14,16-18H,6-11H2,1-4H3,(H,23,25)(H,24,26)/t13-,14-,16?,17?,18?,22?/m1/s1. The second kappa shape index (κ2) is 6.91. The van der Waals surface area contributed by atoms with Crippen LogP contribution in [0.25, 0.3) is 0 Å². The van der Waals surface area contributed by atoms with Crippen molar-refractivity contribution in [3.8, 4) is 0 Å². The van der Waals surface area contributed by atoms with Crippen molar-refractivity contribution in [2.75, 3.05) is 0 Å². The lowest BCUT2D eigenvalue weighted by Gasteiger charge is -2.55. The zero-order valence-electron chi connectivity index (χ0n) is 16.9. The van der Waals surface area contributed by atoms with Crippen LogP contribution in [0.5, 0.6) is 0 Å². The number of thiophene rings is 1. The van der Waals surface area contributed by atoms with Crippen LogP contribution in [0.2, 0.25) is 0 Å². The number of hydrogen-bond acceptors (Lipinski definition) is 3. The molecule has 1 heterocycles. The van der Waals surface area contributed by atoms with E-state index in [0.29, 0.717) is 0 Å². The Hall–Kier alpha value is -1.36. The maximum Gasteiger partial charge on any atom is 0.242 e. The second-order valence-electron chi connectivity index (χ2n) is 9.49. The lowest BCUT2D eigenvalue weighted by molar-refractivity contribution is -0.148. The molecule has 4 fully saturated rings. The number of nitrogens with one attached hydrogen (secondary N) is 2. The quantitative estimate of drug-likeness (QED) is 0.792. The van der Waals surface area contributed by atoms with Crippen molar-refractivity contribution in [1.29, 1.82) is 0 Å². The van der Waals surface area contributed by atoms with Gasteiger partial charge in [0, 0.05) is 15.2 Å². The van der Waals surface area contributed by atoms with Crippen molar-refractivity contribution < 1.29 is 9.59 Å². The third kappa shape index (κ3) is 3.55. The van der Waals surface area contributed by atoms with E-state index in [2.05, 4.69) is 30.5 Å². The molecule has 0 spiro atoms. The molecule has 2 atom stereocenters. The number of carbonyl (C=O) groups excluding carboxylic acids is 2. The first-order valence-corrected chi connectivity index (χ1v) is 11.3. The fourth-order valence-corrected chi connectivity index (χ4v) is 7.32. The van der Waals surface area contributed by atoms with Gasteiger partial charge in [0.25, 0.3) is 0 Å². The molecule has 2 N–H and O–H groups in total. The Morgan fingerprint density at radius 2 is 1.59 bits per heavy atom. The van der Waals surface area contributed by atoms with Crippen LogP contribution in [0.4, 0.5) is 0 Å². The molecule has 1 aromatic heterocycles. The zero-order valence-corrected chi connectivity index (χ0v) is 17.7. The summed E-state index contributed by atoms with van der Waals surface area (Å²) in [6, 6.07) is 1.61. The van der Waals surface area contributed by atoms with Crippen molar-refractivity contribution >= 4 is 23.2 Å². The summed E-state index contributed by atoms with van der Waals surface area (Å²) in [4.78, 5) is 28.3. The van der Waals surface area contributed by atoms with Crippen LogP contribution >= 0.6 is 11.3 Å². The van der Waals surface area contributed by atoms with E-state index >= 15 is 0 Å². The zero-order chi connectivity index (χ0) is 19.3. The molecule has 4 aliphatic rings. The Morgan fingerprint density at radius 3 is 2.07 bits per heavy atom. The summed E-state index contributed by atoms with van der Waals surface area (Å²) < 4.78 is 0. The highest BCUT2D eigenvalue weighted by atomic mass is 32.1. The summed E-state index contributed by atoms with van der Waals surface area (Å²) in [5.74, 6) is 2.23. The Bertz CT molecular complexity index is 718. The molecule has 0 unspecified atom stereocenters. The van der Waals surface area contributed by atoms with Crippen LogP contribution in [0.15, 0.2) is 6.07 Å². The predicted molar refractivity (Wildman–Crippen MR) is 109 cm³/mol. The van der Waals surface area contributed by atoms with E-state index in [9.17, 15) is 9.59 Å². The van der Waals surface area contributed by atoms with Gasteiger partial charge < -0.3 is 10.6 Å². The average Bonchev–Trinajstić information content (AvgIpc) is 2.92. The smallest absolute Gasteiger partial charge is 0.242 e. The van der Waals surface area contributed by atoms with Gasteiger partial charge in [0.15, 0.2) is 0 Å². The summed E-state index contributed by atoms with van der Waals surface area (Å²) in [6.45, 7) is 8.00. The molecule has 2 amide bonds. The van der Waals surface area contributed by atoms with Crippen LogP contribution < -0.4 is 10.6 Å². The Labute approximate surface area is 166 Å². The topological polar surface area (TPSA) is 58.2 Å². The molecule has 5 rings (SSSR count). The Balaban J connectivity index is 1.37. The lowest BCUT2D eigenvalue weighted by atomic mass is 9.49.